The highest BCUT2D eigenvalue weighted by Gasteiger charge is 2.40. The van der Waals surface area contributed by atoms with Crippen LogP contribution in [-0.4, -0.2) is 42.6 Å². The van der Waals surface area contributed by atoms with Crippen LogP contribution in [0.15, 0.2) is 57.8 Å². The van der Waals surface area contributed by atoms with Crippen LogP contribution in [0.3, 0.4) is 0 Å². The molecule has 1 heterocycles. The molecular weight excluding hydrogens is 501 g/mol. The first-order valence-corrected chi connectivity index (χ1v) is 12.2. The maximum Gasteiger partial charge on any atom is 0.418 e. The molecule has 0 radical (unpaired) electrons. The lowest BCUT2D eigenvalue weighted by Gasteiger charge is -2.35. The summed E-state index contributed by atoms with van der Waals surface area (Å²) in [6, 6.07) is 10.3. The Hall–Kier alpha value is -2.78. The van der Waals surface area contributed by atoms with Crippen LogP contribution in [0.4, 0.5) is 23.7 Å². The number of Topliss-reactive ketones (excluding diaryl/α,β-unsaturated/α-hetero) is 2. The quantitative estimate of drug-likeness (QED) is 0.328. The van der Waals surface area contributed by atoms with Gasteiger partial charge >= 0.3 is 12.2 Å². The van der Waals surface area contributed by atoms with Gasteiger partial charge in [0.2, 0.25) is 0 Å². The second-order valence-electron chi connectivity index (χ2n) is 8.35. The molecule has 0 spiro atoms. The second-order valence-corrected chi connectivity index (χ2v) is 9.90. The largest absolute Gasteiger partial charge is 0.418 e. The smallest absolute Gasteiger partial charge is 0.327 e. The fraction of sp³-hybridized carbons (Fsp3) is 0.320. The number of halogens is 4. The molecule has 4 rings (SSSR count). The van der Waals surface area contributed by atoms with Crippen molar-refractivity contribution in [2.24, 2.45) is 0 Å². The van der Waals surface area contributed by atoms with Crippen LogP contribution in [0.1, 0.15) is 41.6 Å². The average molecular weight is 523 g/mol. The lowest BCUT2D eigenvalue weighted by molar-refractivity contribution is -0.137. The fourth-order valence-electron chi connectivity index (χ4n) is 4.24. The number of ketones is 2. The SMILES string of the molecule is CN1CCCN(c2c(C(F)(F)F)ccc(C(=O)C3=C(Sc4ccccc4)CCCC3=O)c2Cl)C1=O. The summed E-state index contributed by atoms with van der Waals surface area (Å²) < 4.78 is 41.7. The Balaban J connectivity index is 1.83. The highest BCUT2D eigenvalue weighted by atomic mass is 35.5. The number of hydrogen-bond acceptors (Lipinski definition) is 4. The number of hydrogen-bond donors (Lipinski definition) is 0. The van der Waals surface area contributed by atoms with E-state index in [-0.39, 0.29) is 29.9 Å². The molecule has 35 heavy (non-hydrogen) atoms. The molecule has 1 aliphatic carbocycles. The Morgan fingerprint density at radius 2 is 1.71 bits per heavy atom. The molecule has 2 aliphatic rings. The van der Waals surface area contributed by atoms with Gasteiger partial charge < -0.3 is 4.90 Å². The molecule has 0 atom stereocenters. The number of rotatable bonds is 5. The summed E-state index contributed by atoms with van der Waals surface area (Å²) >= 11 is 7.75. The van der Waals surface area contributed by atoms with E-state index in [9.17, 15) is 27.6 Å². The Kier molecular flexibility index (Phi) is 7.28. The number of benzene rings is 2. The summed E-state index contributed by atoms with van der Waals surface area (Å²) in [6.07, 6.45) is -3.13. The van der Waals surface area contributed by atoms with Crippen molar-refractivity contribution in [3.8, 4) is 0 Å². The molecule has 0 saturated carbocycles. The van der Waals surface area contributed by atoms with Crippen molar-refractivity contribution in [1.29, 1.82) is 0 Å². The second kappa shape index (κ2) is 10.1. The average Bonchev–Trinajstić information content (AvgIpc) is 2.81. The number of thioether (sulfide) groups is 1. The van der Waals surface area contributed by atoms with Crippen LogP contribution in [0.25, 0.3) is 0 Å². The normalized spacial score (nSPS) is 17.3. The van der Waals surface area contributed by atoms with Gasteiger partial charge in [0.25, 0.3) is 0 Å². The minimum atomic E-state index is -4.80. The number of amides is 2. The molecule has 1 aliphatic heterocycles. The summed E-state index contributed by atoms with van der Waals surface area (Å²) in [5.41, 5.74) is -1.94. The molecule has 10 heteroatoms. The van der Waals surface area contributed by atoms with E-state index in [0.29, 0.717) is 30.7 Å². The standard InChI is InChI=1S/C25H22ClF3N2O3S/c1-30-13-6-14-31(24(30)34)22-17(25(27,28)29)12-11-16(21(22)26)23(33)20-18(32)9-5-10-19(20)35-15-7-3-2-4-8-15/h2-4,7-8,11-12H,5-6,9-10,13-14H2,1H3. The Morgan fingerprint density at radius 3 is 2.40 bits per heavy atom. The van der Waals surface area contributed by atoms with E-state index >= 15 is 0 Å². The molecule has 0 aromatic heterocycles. The monoisotopic (exact) mass is 522 g/mol. The predicted octanol–water partition coefficient (Wildman–Crippen LogP) is 6.60. The van der Waals surface area contributed by atoms with Gasteiger partial charge in [0.05, 0.1) is 21.8 Å². The molecule has 0 N–H and O–H groups in total. The molecule has 0 unspecified atom stereocenters. The van der Waals surface area contributed by atoms with Gasteiger partial charge in [0.1, 0.15) is 0 Å². The van der Waals surface area contributed by atoms with E-state index in [0.717, 1.165) is 21.9 Å². The van der Waals surface area contributed by atoms with Crippen molar-refractivity contribution in [3.05, 3.63) is 69.1 Å². The molecule has 2 aromatic carbocycles. The topological polar surface area (TPSA) is 57.7 Å². The third-order valence-electron chi connectivity index (χ3n) is 5.95. The van der Waals surface area contributed by atoms with Crippen LogP contribution >= 0.6 is 23.4 Å². The predicted molar refractivity (Wildman–Crippen MR) is 129 cm³/mol. The molecule has 1 saturated heterocycles. The zero-order chi connectivity index (χ0) is 25.3. The van der Waals surface area contributed by atoms with Crippen LogP contribution in [0.5, 0.6) is 0 Å². The summed E-state index contributed by atoms with van der Waals surface area (Å²) in [6.45, 7) is 0.425. The zero-order valence-electron chi connectivity index (χ0n) is 18.8. The molecule has 2 amide bonds. The van der Waals surface area contributed by atoms with Gasteiger partial charge in [-0.05, 0) is 43.5 Å². The lowest BCUT2D eigenvalue weighted by Crippen LogP contribution is -2.48. The van der Waals surface area contributed by atoms with Gasteiger partial charge in [-0.1, -0.05) is 41.6 Å². The minimum Gasteiger partial charge on any atom is -0.327 e. The van der Waals surface area contributed by atoms with Crippen molar-refractivity contribution in [2.75, 3.05) is 25.0 Å². The van der Waals surface area contributed by atoms with Crippen LogP contribution in [-0.2, 0) is 11.0 Å². The summed E-state index contributed by atoms with van der Waals surface area (Å²) in [5.74, 6) is -1.10. The van der Waals surface area contributed by atoms with Gasteiger partial charge in [-0.2, -0.15) is 13.2 Å². The van der Waals surface area contributed by atoms with Gasteiger partial charge in [0, 0.05) is 41.9 Å². The molecule has 184 valence electrons. The highest BCUT2D eigenvalue weighted by molar-refractivity contribution is 8.03. The molecule has 5 nitrogen and oxygen atoms in total. The first-order chi connectivity index (χ1) is 16.6. The third-order valence-corrected chi connectivity index (χ3v) is 7.49. The van der Waals surface area contributed by atoms with Gasteiger partial charge in [0.15, 0.2) is 11.6 Å². The van der Waals surface area contributed by atoms with E-state index in [1.165, 1.54) is 23.7 Å². The van der Waals surface area contributed by atoms with Crippen LogP contribution in [0.2, 0.25) is 5.02 Å². The Morgan fingerprint density at radius 1 is 1.00 bits per heavy atom. The summed E-state index contributed by atoms with van der Waals surface area (Å²) in [7, 11) is 1.49. The van der Waals surface area contributed by atoms with Crippen LogP contribution < -0.4 is 4.90 Å². The number of alkyl halides is 3. The molecular formula is C25H22ClF3N2O3S. The fourth-order valence-corrected chi connectivity index (χ4v) is 5.72. The third kappa shape index (κ3) is 5.11. The van der Waals surface area contributed by atoms with Crippen molar-refractivity contribution in [3.63, 3.8) is 0 Å². The van der Waals surface area contributed by atoms with E-state index < -0.39 is 34.3 Å². The molecule has 2 aromatic rings. The zero-order valence-corrected chi connectivity index (χ0v) is 20.4. The lowest BCUT2D eigenvalue weighted by atomic mass is 9.90. The van der Waals surface area contributed by atoms with Gasteiger partial charge in [-0.25, -0.2) is 4.79 Å². The van der Waals surface area contributed by atoms with E-state index in [2.05, 4.69) is 0 Å². The van der Waals surface area contributed by atoms with Crippen molar-refractivity contribution in [1.82, 2.24) is 4.90 Å². The number of urea groups is 1. The number of nitrogens with zero attached hydrogens (tertiary/aromatic N) is 2. The summed E-state index contributed by atoms with van der Waals surface area (Å²) in [4.78, 5) is 42.8. The summed E-state index contributed by atoms with van der Waals surface area (Å²) in [5, 5.41) is -0.483. The first-order valence-electron chi connectivity index (χ1n) is 11.1. The number of carbonyl (C=O) groups is 3. The first kappa shape index (κ1) is 25.3. The Bertz CT molecular complexity index is 1210. The number of carbonyl (C=O) groups excluding carboxylic acids is 3. The minimum absolute atomic E-state index is 0.0281. The number of anilines is 1. The Labute approximate surface area is 209 Å². The van der Waals surface area contributed by atoms with Crippen molar-refractivity contribution < 1.29 is 27.6 Å². The molecule has 0 bridgehead atoms. The maximum absolute atomic E-state index is 13.9. The highest BCUT2D eigenvalue weighted by Crippen LogP contribution is 2.45. The van der Waals surface area contributed by atoms with Gasteiger partial charge in [-0.15, -0.1) is 0 Å². The van der Waals surface area contributed by atoms with E-state index in [4.69, 9.17) is 11.6 Å². The van der Waals surface area contributed by atoms with Crippen LogP contribution in [0, 0.1) is 0 Å². The van der Waals surface area contributed by atoms with Crippen molar-refractivity contribution in [2.45, 2.75) is 36.8 Å². The van der Waals surface area contributed by atoms with E-state index in [1.807, 2.05) is 30.3 Å². The van der Waals surface area contributed by atoms with Crippen molar-refractivity contribution >= 4 is 46.6 Å². The number of allylic oxidation sites excluding steroid dienone is 2. The maximum atomic E-state index is 13.9. The van der Waals surface area contributed by atoms with Gasteiger partial charge in [-0.3, -0.25) is 14.5 Å². The molecule has 1 fully saturated rings. The van der Waals surface area contributed by atoms with E-state index in [1.54, 1.807) is 0 Å².